The maximum atomic E-state index is 12.2. The third-order valence-corrected chi connectivity index (χ3v) is 3.12. The minimum absolute atomic E-state index is 0.352. The minimum Gasteiger partial charge on any atom is -0.480 e. The van der Waals surface area contributed by atoms with Crippen LogP contribution in [0.3, 0.4) is 0 Å². The van der Waals surface area contributed by atoms with E-state index in [1.54, 1.807) is 0 Å². The summed E-state index contributed by atoms with van der Waals surface area (Å²) in [6.07, 6.45) is 1.78. The van der Waals surface area contributed by atoms with Gasteiger partial charge in [-0.2, -0.15) is 0 Å². The van der Waals surface area contributed by atoms with Crippen LogP contribution >= 0.6 is 0 Å². The third-order valence-electron chi connectivity index (χ3n) is 3.12. The fourth-order valence-electron chi connectivity index (χ4n) is 1.79. The molecular formula is C14H26N4O5. The topological polar surface area (TPSA) is 151 Å². The highest BCUT2D eigenvalue weighted by atomic mass is 16.4. The molecule has 0 bridgehead atoms. The Kier molecular flexibility index (Phi) is 9.56. The molecule has 132 valence electrons. The number of unbranched alkanes of at least 4 members (excludes halogenated alkanes) is 1. The van der Waals surface area contributed by atoms with E-state index < -0.39 is 35.9 Å². The molecule has 3 atom stereocenters. The summed E-state index contributed by atoms with van der Waals surface area (Å²) >= 11 is 0. The lowest BCUT2D eigenvalue weighted by atomic mass is 10.1. The Labute approximate surface area is 135 Å². The number of hydrogen-bond acceptors (Lipinski definition) is 5. The van der Waals surface area contributed by atoms with Crippen LogP contribution in [0.4, 0.5) is 0 Å². The molecule has 0 heterocycles. The number of amides is 3. The SMILES string of the molecule is CC(=O)N[C@H](CCCCN)C(=O)N[C@@H](C)C(=O)N[C@@H](C)C(=O)O. The molecule has 0 spiro atoms. The van der Waals surface area contributed by atoms with E-state index in [1.165, 1.54) is 20.8 Å². The molecule has 0 saturated carbocycles. The van der Waals surface area contributed by atoms with Gasteiger partial charge in [-0.3, -0.25) is 19.2 Å². The van der Waals surface area contributed by atoms with Gasteiger partial charge < -0.3 is 26.8 Å². The Morgan fingerprint density at radius 1 is 0.957 bits per heavy atom. The number of aliphatic carboxylic acids is 1. The van der Waals surface area contributed by atoms with Gasteiger partial charge in [0.25, 0.3) is 0 Å². The van der Waals surface area contributed by atoms with E-state index in [1.807, 2.05) is 0 Å². The Morgan fingerprint density at radius 3 is 2.00 bits per heavy atom. The van der Waals surface area contributed by atoms with Gasteiger partial charge in [0.1, 0.15) is 18.1 Å². The van der Waals surface area contributed by atoms with Crippen molar-refractivity contribution in [1.29, 1.82) is 0 Å². The van der Waals surface area contributed by atoms with Gasteiger partial charge in [0, 0.05) is 6.92 Å². The maximum absolute atomic E-state index is 12.2. The summed E-state index contributed by atoms with van der Waals surface area (Å²) in [4.78, 5) is 45.8. The number of nitrogens with two attached hydrogens (primary N) is 1. The van der Waals surface area contributed by atoms with Crippen LogP contribution in [0.25, 0.3) is 0 Å². The Hall–Kier alpha value is -2.16. The lowest BCUT2D eigenvalue weighted by molar-refractivity contribution is -0.141. The average molecular weight is 330 g/mol. The zero-order valence-corrected chi connectivity index (χ0v) is 13.7. The van der Waals surface area contributed by atoms with Gasteiger partial charge in [-0.15, -0.1) is 0 Å². The van der Waals surface area contributed by atoms with Crippen molar-refractivity contribution in [2.45, 2.75) is 58.2 Å². The van der Waals surface area contributed by atoms with Gasteiger partial charge in [0.15, 0.2) is 0 Å². The van der Waals surface area contributed by atoms with E-state index >= 15 is 0 Å². The first-order chi connectivity index (χ1) is 10.7. The first kappa shape index (κ1) is 20.8. The number of carboxylic acids is 1. The number of nitrogens with one attached hydrogen (secondary N) is 3. The highest BCUT2D eigenvalue weighted by Crippen LogP contribution is 2.02. The first-order valence-corrected chi connectivity index (χ1v) is 7.49. The van der Waals surface area contributed by atoms with Crippen molar-refractivity contribution < 1.29 is 24.3 Å². The summed E-state index contributed by atoms with van der Waals surface area (Å²) in [5.74, 6) is -2.64. The van der Waals surface area contributed by atoms with Gasteiger partial charge >= 0.3 is 5.97 Å². The molecule has 0 rings (SSSR count). The summed E-state index contributed by atoms with van der Waals surface area (Å²) in [6.45, 7) is 4.54. The number of rotatable bonds is 10. The van der Waals surface area contributed by atoms with Crippen LogP contribution < -0.4 is 21.7 Å². The second-order valence-electron chi connectivity index (χ2n) is 5.34. The molecule has 0 saturated heterocycles. The van der Waals surface area contributed by atoms with E-state index in [0.717, 1.165) is 6.42 Å². The molecule has 0 aliphatic rings. The molecule has 0 aromatic rings. The summed E-state index contributed by atoms with van der Waals surface area (Å²) in [6, 6.07) is -2.74. The van der Waals surface area contributed by atoms with Crippen LogP contribution in [-0.2, 0) is 19.2 Å². The number of carbonyl (C=O) groups excluding carboxylic acids is 3. The van der Waals surface area contributed by atoms with Crippen LogP contribution in [0.1, 0.15) is 40.0 Å². The fraction of sp³-hybridized carbons (Fsp3) is 0.714. The molecule has 6 N–H and O–H groups in total. The fourth-order valence-corrected chi connectivity index (χ4v) is 1.79. The summed E-state index contributed by atoms with van der Waals surface area (Å²) in [5, 5.41) is 16.0. The second-order valence-corrected chi connectivity index (χ2v) is 5.34. The van der Waals surface area contributed by atoms with Crippen molar-refractivity contribution in [2.75, 3.05) is 6.54 Å². The standard InChI is InChI=1S/C14H26N4O5/c1-8(12(20)17-9(2)14(22)23)16-13(21)11(18-10(3)19)6-4-5-7-15/h8-9,11H,4-7,15H2,1-3H3,(H,16,21)(H,17,20)(H,18,19)(H,22,23)/t8-,9-,11+/m0/s1. The molecule has 3 amide bonds. The van der Waals surface area contributed by atoms with Gasteiger partial charge in [-0.1, -0.05) is 0 Å². The lowest BCUT2D eigenvalue weighted by Crippen LogP contribution is -2.54. The largest absolute Gasteiger partial charge is 0.480 e. The first-order valence-electron chi connectivity index (χ1n) is 7.49. The van der Waals surface area contributed by atoms with Crippen molar-refractivity contribution in [3.63, 3.8) is 0 Å². The van der Waals surface area contributed by atoms with Crippen molar-refractivity contribution in [1.82, 2.24) is 16.0 Å². The summed E-state index contributed by atoms with van der Waals surface area (Å²) < 4.78 is 0. The van der Waals surface area contributed by atoms with E-state index in [-0.39, 0.29) is 5.91 Å². The normalized spacial score (nSPS) is 14.3. The van der Waals surface area contributed by atoms with Crippen molar-refractivity contribution in [3.05, 3.63) is 0 Å². The number of carboxylic acid groups (broad SMARTS) is 1. The smallest absolute Gasteiger partial charge is 0.325 e. The molecule has 0 fully saturated rings. The quantitative estimate of drug-likeness (QED) is 0.315. The van der Waals surface area contributed by atoms with Gasteiger partial charge in [0.05, 0.1) is 0 Å². The molecule has 9 nitrogen and oxygen atoms in total. The second kappa shape index (κ2) is 10.5. The van der Waals surface area contributed by atoms with Crippen molar-refractivity contribution in [3.8, 4) is 0 Å². The minimum atomic E-state index is -1.17. The predicted molar refractivity (Wildman–Crippen MR) is 83.4 cm³/mol. The highest BCUT2D eigenvalue weighted by Gasteiger charge is 2.24. The zero-order chi connectivity index (χ0) is 18.0. The van der Waals surface area contributed by atoms with Crippen molar-refractivity contribution >= 4 is 23.7 Å². The van der Waals surface area contributed by atoms with Gasteiger partial charge in [0.2, 0.25) is 17.7 Å². The molecule has 0 aliphatic carbocycles. The molecule has 0 radical (unpaired) electrons. The maximum Gasteiger partial charge on any atom is 0.325 e. The number of carbonyl (C=O) groups is 4. The molecule has 23 heavy (non-hydrogen) atoms. The molecule has 0 aromatic heterocycles. The predicted octanol–water partition coefficient (Wildman–Crippen LogP) is -1.29. The third kappa shape index (κ3) is 8.77. The van der Waals surface area contributed by atoms with Crippen LogP contribution in [0.5, 0.6) is 0 Å². The highest BCUT2D eigenvalue weighted by molar-refractivity contribution is 5.92. The van der Waals surface area contributed by atoms with E-state index in [0.29, 0.717) is 19.4 Å². The lowest BCUT2D eigenvalue weighted by Gasteiger charge is -2.21. The van der Waals surface area contributed by atoms with Gasteiger partial charge in [-0.25, -0.2) is 0 Å². The van der Waals surface area contributed by atoms with Crippen LogP contribution in [0.2, 0.25) is 0 Å². The Morgan fingerprint density at radius 2 is 1.52 bits per heavy atom. The van der Waals surface area contributed by atoms with Gasteiger partial charge in [-0.05, 0) is 39.7 Å². The van der Waals surface area contributed by atoms with Crippen LogP contribution in [0, 0.1) is 0 Å². The Bertz CT molecular complexity index is 441. The monoisotopic (exact) mass is 330 g/mol. The molecular weight excluding hydrogens is 304 g/mol. The zero-order valence-electron chi connectivity index (χ0n) is 13.7. The Balaban J connectivity index is 4.59. The molecule has 0 aromatic carbocycles. The van der Waals surface area contributed by atoms with E-state index in [4.69, 9.17) is 10.8 Å². The van der Waals surface area contributed by atoms with E-state index in [9.17, 15) is 19.2 Å². The molecule has 0 unspecified atom stereocenters. The molecule has 0 aliphatic heterocycles. The number of hydrogen-bond donors (Lipinski definition) is 5. The summed E-state index contributed by atoms with van der Waals surface area (Å²) in [5.41, 5.74) is 5.39. The summed E-state index contributed by atoms with van der Waals surface area (Å²) in [7, 11) is 0. The average Bonchev–Trinajstić information content (AvgIpc) is 2.45. The van der Waals surface area contributed by atoms with E-state index in [2.05, 4.69) is 16.0 Å². The van der Waals surface area contributed by atoms with Crippen molar-refractivity contribution in [2.24, 2.45) is 5.73 Å². The van der Waals surface area contributed by atoms with Crippen LogP contribution in [-0.4, -0.2) is 53.5 Å². The molecule has 9 heteroatoms. The van der Waals surface area contributed by atoms with Crippen LogP contribution in [0.15, 0.2) is 0 Å².